The van der Waals surface area contributed by atoms with Gasteiger partial charge in [-0.05, 0) is 19.4 Å². The Bertz CT molecular complexity index is 264. The van der Waals surface area contributed by atoms with E-state index in [4.69, 9.17) is 0 Å². The molecule has 3 nitrogen and oxygen atoms in total. The lowest BCUT2D eigenvalue weighted by molar-refractivity contribution is 0.928. The molecule has 0 aliphatic heterocycles. The molecule has 1 rings (SSSR count). The van der Waals surface area contributed by atoms with E-state index in [1.54, 1.807) is 0 Å². The lowest BCUT2D eigenvalue weighted by Crippen LogP contribution is -2.08. The Hall–Kier alpha value is -1.12. The molecule has 0 saturated carbocycles. The highest BCUT2D eigenvalue weighted by Gasteiger charge is 1.90. The molecule has 9 heavy (non-hydrogen) atoms. The van der Waals surface area contributed by atoms with Gasteiger partial charge in [-0.25, -0.2) is 5.10 Å². The maximum absolute atomic E-state index is 10.5. The van der Waals surface area contributed by atoms with Crippen LogP contribution in [-0.4, -0.2) is 10.2 Å². The lowest BCUT2D eigenvalue weighted by Gasteiger charge is -1.92. The molecule has 1 N–H and O–H groups in total. The van der Waals surface area contributed by atoms with E-state index in [1.807, 2.05) is 13.8 Å². The molecule has 3 heteroatoms. The maximum atomic E-state index is 10.5. The number of hydrogen-bond acceptors (Lipinski definition) is 2. The van der Waals surface area contributed by atoms with Gasteiger partial charge in [0.05, 0.1) is 5.69 Å². The van der Waals surface area contributed by atoms with Gasteiger partial charge in [-0.1, -0.05) is 0 Å². The molecule has 0 bridgehead atoms. The average Bonchev–Trinajstić information content (AvgIpc) is 1.80. The molecular weight excluding hydrogens is 116 g/mol. The van der Waals surface area contributed by atoms with Crippen molar-refractivity contribution in [2.75, 3.05) is 0 Å². The Labute approximate surface area is 52.7 Å². The first kappa shape index (κ1) is 6.01. The zero-order valence-corrected chi connectivity index (χ0v) is 5.43. The van der Waals surface area contributed by atoms with Crippen LogP contribution in [0.1, 0.15) is 11.3 Å². The predicted octanol–water partition coefficient (Wildman–Crippen LogP) is 0.387. The number of aromatic amines is 1. The van der Waals surface area contributed by atoms with Crippen LogP contribution < -0.4 is 5.56 Å². The molecule has 0 aliphatic carbocycles. The van der Waals surface area contributed by atoms with Gasteiger partial charge in [0.15, 0.2) is 0 Å². The molecule has 0 aliphatic rings. The number of aromatic nitrogens is 2. The van der Waals surface area contributed by atoms with Crippen molar-refractivity contribution in [1.82, 2.24) is 10.2 Å². The summed E-state index contributed by atoms with van der Waals surface area (Å²) in [6, 6.07) is 1.53. The zero-order valence-electron chi connectivity index (χ0n) is 5.43. The number of hydrogen-bond donors (Lipinski definition) is 1. The molecular formula is C6H8N2O. The van der Waals surface area contributed by atoms with Crippen LogP contribution in [0.4, 0.5) is 0 Å². The normalized spacial score (nSPS) is 9.56. The first-order valence-corrected chi connectivity index (χ1v) is 2.73. The molecule has 0 saturated heterocycles. The molecule has 1 heterocycles. The number of rotatable bonds is 0. The molecule has 0 aromatic carbocycles. The van der Waals surface area contributed by atoms with E-state index >= 15 is 0 Å². The van der Waals surface area contributed by atoms with E-state index in [9.17, 15) is 4.79 Å². The van der Waals surface area contributed by atoms with E-state index in [0.29, 0.717) is 0 Å². The van der Waals surface area contributed by atoms with Gasteiger partial charge in [0.25, 0.3) is 5.56 Å². The quantitative estimate of drug-likeness (QED) is 0.543. The second kappa shape index (κ2) is 2.01. The van der Waals surface area contributed by atoms with Crippen LogP contribution in [0.15, 0.2) is 10.9 Å². The number of H-pyrrole nitrogens is 1. The summed E-state index contributed by atoms with van der Waals surface area (Å²) >= 11 is 0. The molecule has 48 valence electrons. The molecule has 1 aromatic heterocycles. The van der Waals surface area contributed by atoms with Crippen LogP contribution in [0.3, 0.4) is 0 Å². The van der Waals surface area contributed by atoms with Crippen molar-refractivity contribution in [2.24, 2.45) is 0 Å². The van der Waals surface area contributed by atoms with Crippen molar-refractivity contribution in [3.8, 4) is 0 Å². The highest BCUT2D eigenvalue weighted by Crippen LogP contribution is 1.93. The lowest BCUT2D eigenvalue weighted by atomic mass is 10.3. The predicted molar refractivity (Wildman–Crippen MR) is 34.3 cm³/mol. The maximum Gasteiger partial charge on any atom is 0.264 e. The molecule has 0 unspecified atom stereocenters. The molecule has 0 radical (unpaired) electrons. The highest BCUT2D eigenvalue weighted by atomic mass is 16.1. The Kier molecular flexibility index (Phi) is 1.34. The van der Waals surface area contributed by atoms with Crippen molar-refractivity contribution in [2.45, 2.75) is 13.8 Å². The monoisotopic (exact) mass is 124 g/mol. The van der Waals surface area contributed by atoms with Crippen molar-refractivity contribution in [3.63, 3.8) is 0 Å². The standard InChI is InChI=1S/C6H8N2O/c1-4-3-6(9)8-7-5(4)2/h3H,1-2H3,(H,8,9). The second-order valence-electron chi connectivity index (χ2n) is 2.00. The third-order valence-electron chi connectivity index (χ3n) is 1.25. The summed E-state index contributed by atoms with van der Waals surface area (Å²) in [4.78, 5) is 10.5. The second-order valence-corrected chi connectivity index (χ2v) is 2.00. The highest BCUT2D eigenvalue weighted by molar-refractivity contribution is 5.12. The van der Waals surface area contributed by atoms with E-state index < -0.39 is 0 Å². The number of nitrogens with zero attached hydrogens (tertiary/aromatic N) is 1. The zero-order chi connectivity index (χ0) is 6.85. The van der Waals surface area contributed by atoms with Crippen molar-refractivity contribution < 1.29 is 0 Å². The topological polar surface area (TPSA) is 45.8 Å². The van der Waals surface area contributed by atoms with Crippen molar-refractivity contribution in [1.29, 1.82) is 0 Å². The summed E-state index contributed by atoms with van der Waals surface area (Å²) in [7, 11) is 0. The summed E-state index contributed by atoms with van der Waals surface area (Å²) in [6.07, 6.45) is 0. The number of aryl methyl sites for hydroxylation is 2. The first-order valence-electron chi connectivity index (χ1n) is 2.73. The van der Waals surface area contributed by atoms with Gasteiger partial charge in [0, 0.05) is 6.07 Å². The molecule has 0 amide bonds. The van der Waals surface area contributed by atoms with Gasteiger partial charge in [0.2, 0.25) is 0 Å². The van der Waals surface area contributed by atoms with E-state index in [2.05, 4.69) is 10.2 Å². The van der Waals surface area contributed by atoms with E-state index in [-0.39, 0.29) is 5.56 Å². The van der Waals surface area contributed by atoms with Crippen LogP contribution in [0.25, 0.3) is 0 Å². The van der Waals surface area contributed by atoms with Gasteiger partial charge in [-0.15, -0.1) is 0 Å². The Morgan fingerprint density at radius 1 is 1.56 bits per heavy atom. The van der Waals surface area contributed by atoms with Gasteiger partial charge >= 0.3 is 0 Å². The fraction of sp³-hybridized carbons (Fsp3) is 0.333. The molecule has 0 atom stereocenters. The third-order valence-corrected chi connectivity index (χ3v) is 1.25. The van der Waals surface area contributed by atoms with E-state index in [1.165, 1.54) is 6.07 Å². The molecule has 0 fully saturated rings. The average molecular weight is 124 g/mol. The first-order chi connectivity index (χ1) is 4.20. The van der Waals surface area contributed by atoms with Crippen LogP contribution in [0.2, 0.25) is 0 Å². The molecule has 1 aromatic rings. The number of nitrogens with one attached hydrogen (secondary N) is 1. The molecule has 0 spiro atoms. The summed E-state index contributed by atoms with van der Waals surface area (Å²) in [6.45, 7) is 3.71. The Morgan fingerprint density at radius 3 is 2.67 bits per heavy atom. The minimum atomic E-state index is -0.141. The smallest absolute Gasteiger partial charge is 0.264 e. The van der Waals surface area contributed by atoms with Gasteiger partial charge in [-0.3, -0.25) is 4.79 Å². The minimum Gasteiger partial charge on any atom is -0.268 e. The third kappa shape index (κ3) is 1.16. The van der Waals surface area contributed by atoms with Crippen molar-refractivity contribution in [3.05, 3.63) is 27.7 Å². The Morgan fingerprint density at radius 2 is 2.22 bits per heavy atom. The van der Waals surface area contributed by atoms with Gasteiger partial charge in [0.1, 0.15) is 0 Å². The summed E-state index contributed by atoms with van der Waals surface area (Å²) in [5, 5.41) is 6.08. The summed E-state index contributed by atoms with van der Waals surface area (Å²) < 4.78 is 0. The minimum absolute atomic E-state index is 0.141. The van der Waals surface area contributed by atoms with Crippen LogP contribution in [0, 0.1) is 13.8 Å². The van der Waals surface area contributed by atoms with Crippen LogP contribution >= 0.6 is 0 Å². The van der Waals surface area contributed by atoms with Gasteiger partial charge < -0.3 is 0 Å². The largest absolute Gasteiger partial charge is 0.268 e. The fourth-order valence-electron chi connectivity index (χ4n) is 0.560. The summed E-state index contributed by atoms with van der Waals surface area (Å²) in [5.74, 6) is 0. The SMILES string of the molecule is Cc1cc(=O)[nH]nc1C. The van der Waals surface area contributed by atoms with Crippen molar-refractivity contribution >= 4 is 0 Å². The fourth-order valence-corrected chi connectivity index (χ4v) is 0.560. The summed E-state index contributed by atoms with van der Waals surface area (Å²) in [5.41, 5.74) is 1.66. The van der Waals surface area contributed by atoms with Crippen LogP contribution in [-0.2, 0) is 0 Å². The van der Waals surface area contributed by atoms with Crippen LogP contribution in [0.5, 0.6) is 0 Å². The van der Waals surface area contributed by atoms with E-state index in [0.717, 1.165) is 11.3 Å². The van der Waals surface area contributed by atoms with Gasteiger partial charge in [-0.2, -0.15) is 5.10 Å². The Balaban J connectivity index is 3.34.